The van der Waals surface area contributed by atoms with Crippen molar-refractivity contribution in [2.75, 3.05) is 20.6 Å². The summed E-state index contributed by atoms with van der Waals surface area (Å²) >= 11 is 0. The SMILES string of the molecule is CN(C)C1C(O)=C(C(N)=O)C(=O)C2(O)C(O)=C3C(=O)c4c(O)ccc(CNCC(C)(C)C)c4CC3CC12. The molecular formula is C27H35N3O7. The number of nitrogens with two attached hydrogens (primary N) is 1. The summed E-state index contributed by atoms with van der Waals surface area (Å²) in [6.45, 7) is 7.47. The molecule has 3 aliphatic carbocycles. The highest BCUT2D eigenvalue weighted by Crippen LogP contribution is 2.52. The van der Waals surface area contributed by atoms with Gasteiger partial charge >= 0.3 is 0 Å². The van der Waals surface area contributed by atoms with Gasteiger partial charge < -0.3 is 31.5 Å². The van der Waals surface area contributed by atoms with Gasteiger partial charge in [-0.3, -0.25) is 19.3 Å². The van der Waals surface area contributed by atoms with Crippen LogP contribution in [0.25, 0.3) is 0 Å². The lowest BCUT2D eigenvalue weighted by atomic mass is 9.58. The largest absolute Gasteiger partial charge is 0.510 e. The highest BCUT2D eigenvalue weighted by atomic mass is 16.3. The molecule has 0 saturated carbocycles. The minimum atomic E-state index is -2.63. The Balaban J connectivity index is 1.84. The molecule has 0 aliphatic heterocycles. The second-order valence-corrected chi connectivity index (χ2v) is 11.7. The number of primary amides is 1. The van der Waals surface area contributed by atoms with Gasteiger partial charge in [0.15, 0.2) is 11.4 Å². The number of fused-ring (bicyclic) bond motifs is 3. The van der Waals surface area contributed by atoms with E-state index in [1.54, 1.807) is 20.2 Å². The number of allylic oxidation sites excluding steroid dienone is 1. The number of Topliss-reactive ketones (excluding diaryl/α,β-unsaturated/α-hetero) is 2. The first-order valence-electron chi connectivity index (χ1n) is 12.3. The molecule has 4 rings (SSSR count). The molecule has 4 unspecified atom stereocenters. The molecule has 37 heavy (non-hydrogen) atoms. The number of phenolic OH excluding ortho intramolecular Hbond substituents is 1. The van der Waals surface area contributed by atoms with Gasteiger partial charge in [0.05, 0.1) is 11.6 Å². The maximum Gasteiger partial charge on any atom is 0.255 e. The first kappa shape index (κ1) is 26.8. The zero-order valence-corrected chi connectivity index (χ0v) is 21.8. The average Bonchev–Trinajstić information content (AvgIpc) is 2.76. The first-order valence-corrected chi connectivity index (χ1v) is 12.3. The number of aliphatic hydroxyl groups excluding tert-OH is 2. The summed E-state index contributed by atoms with van der Waals surface area (Å²) < 4.78 is 0. The number of nitrogens with zero attached hydrogens (tertiary/aromatic N) is 1. The van der Waals surface area contributed by atoms with Crippen molar-refractivity contribution in [3.63, 3.8) is 0 Å². The Morgan fingerprint density at radius 3 is 2.41 bits per heavy atom. The van der Waals surface area contributed by atoms with Crippen LogP contribution < -0.4 is 11.1 Å². The molecule has 0 saturated heterocycles. The molecule has 10 nitrogen and oxygen atoms in total. The van der Waals surface area contributed by atoms with Crippen molar-refractivity contribution in [2.45, 2.75) is 51.8 Å². The zero-order chi connectivity index (χ0) is 27.6. The van der Waals surface area contributed by atoms with E-state index >= 15 is 0 Å². The smallest absolute Gasteiger partial charge is 0.255 e. The number of carbonyl (C=O) groups is 3. The number of likely N-dealkylation sites (N-methyl/N-ethyl adjacent to an activating group) is 1. The van der Waals surface area contributed by atoms with E-state index in [1.165, 1.54) is 11.0 Å². The summed E-state index contributed by atoms with van der Waals surface area (Å²) in [5.74, 6) is -6.50. The van der Waals surface area contributed by atoms with Gasteiger partial charge in [0, 0.05) is 24.6 Å². The summed E-state index contributed by atoms with van der Waals surface area (Å²) in [6.07, 6.45) is 0.339. The predicted octanol–water partition coefficient (Wildman–Crippen LogP) is 1.26. The lowest BCUT2D eigenvalue weighted by Gasteiger charge is -2.50. The fraction of sp³-hybridized carbons (Fsp3) is 0.519. The second-order valence-electron chi connectivity index (χ2n) is 11.7. The molecule has 1 amide bonds. The summed E-state index contributed by atoms with van der Waals surface area (Å²) in [6, 6.07) is 2.16. The molecular weight excluding hydrogens is 478 g/mol. The van der Waals surface area contributed by atoms with Gasteiger partial charge in [0.1, 0.15) is 22.8 Å². The monoisotopic (exact) mass is 513 g/mol. The fourth-order valence-corrected chi connectivity index (χ4v) is 6.05. The quantitative estimate of drug-likeness (QED) is 0.317. The number of ketones is 2. The van der Waals surface area contributed by atoms with Crippen LogP contribution in [-0.4, -0.2) is 75.1 Å². The molecule has 3 aliphatic rings. The summed E-state index contributed by atoms with van der Waals surface area (Å²) in [4.78, 5) is 40.6. The normalized spacial score (nSPS) is 27.8. The van der Waals surface area contributed by atoms with E-state index in [0.717, 1.165) is 12.1 Å². The van der Waals surface area contributed by atoms with Gasteiger partial charge in [-0.05, 0) is 55.5 Å². The van der Waals surface area contributed by atoms with E-state index in [-0.39, 0.29) is 35.1 Å². The van der Waals surface area contributed by atoms with Crippen LogP contribution in [0, 0.1) is 17.3 Å². The van der Waals surface area contributed by atoms with Crippen LogP contribution >= 0.6 is 0 Å². The van der Waals surface area contributed by atoms with Crippen LogP contribution in [0.3, 0.4) is 0 Å². The fourth-order valence-electron chi connectivity index (χ4n) is 6.05. The van der Waals surface area contributed by atoms with E-state index in [0.29, 0.717) is 12.1 Å². The van der Waals surface area contributed by atoms with Crippen molar-refractivity contribution >= 4 is 17.5 Å². The van der Waals surface area contributed by atoms with Crippen LogP contribution in [0.4, 0.5) is 0 Å². The molecule has 200 valence electrons. The highest BCUT2D eigenvalue weighted by Gasteiger charge is 2.63. The Bertz CT molecular complexity index is 1260. The number of carbonyl (C=O) groups excluding carboxylic acids is 3. The summed E-state index contributed by atoms with van der Waals surface area (Å²) in [5, 5.41) is 47.8. The van der Waals surface area contributed by atoms with Gasteiger partial charge in [-0.1, -0.05) is 26.8 Å². The van der Waals surface area contributed by atoms with E-state index < -0.39 is 58.0 Å². The molecule has 4 atom stereocenters. The predicted molar refractivity (Wildman–Crippen MR) is 135 cm³/mol. The third-order valence-corrected chi connectivity index (χ3v) is 7.67. The Hall–Kier alpha value is -3.21. The Morgan fingerprint density at radius 1 is 1.19 bits per heavy atom. The van der Waals surface area contributed by atoms with Gasteiger partial charge in [-0.25, -0.2) is 0 Å². The van der Waals surface area contributed by atoms with Crippen molar-refractivity contribution in [3.05, 3.63) is 51.5 Å². The van der Waals surface area contributed by atoms with Crippen molar-refractivity contribution in [3.8, 4) is 5.75 Å². The zero-order valence-electron chi connectivity index (χ0n) is 21.8. The van der Waals surface area contributed by atoms with Crippen LogP contribution in [0.5, 0.6) is 5.75 Å². The van der Waals surface area contributed by atoms with Crippen LogP contribution in [0.2, 0.25) is 0 Å². The summed E-state index contributed by atoms with van der Waals surface area (Å²) in [5.41, 5.74) is 3.27. The van der Waals surface area contributed by atoms with E-state index in [4.69, 9.17) is 5.73 Å². The molecule has 7 N–H and O–H groups in total. The van der Waals surface area contributed by atoms with Crippen molar-refractivity contribution in [1.29, 1.82) is 0 Å². The van der Waals surface area contributed by atoms with E-state index in [9.17, 15) is 34.8 Å². The number of phenols is 1. The van der Waals surface area contributed by atoms with Crippen LogP contribution in [0.15, 0.2) is 34.8 Å². The molecule has 0 aromatic heterocycles. The van der Waals surface area contributed by atoms with Crippen molar-refractivity contribution in [2.24, 2.45) is 23.0 Å². The number of hydrogen-bond acceptors (Lipinski definition) is 9. The maximum absolute atomic E-state index is 13.7. The Labute approximate surface area is 215 Å². The maximum atomic E-state index is 13.7. The third-order valence-electron chi connectivity index (χ3n) is 7.67. The number of amides is 1. The van der Waals surface area contributed by atoms with Gasteiger partial charge in [-0.15, -0.1) is 0 Å². The lowest BCUT2D eigenvalue weighted by molar-refractivity contribution is -0.148. The van der Waals surface area contributed by atoms with E-state index in [1.807, 2.05) is 0 Å². The standard InChI is InChI=1S/C27H35N3O7/c1-26(2,3)11-29-10-12-6-7-16(31)18-14(12)8-13-9-15-20(30(4)5)22(33)19(25(28)36)24(35)27(15,37)23(34)17(13)21(18)32/h6-7,13,15,20,29,31,33-34,37H,8-11H2,1-5H3,(H2,28,36). The Morgan fingerprint density at radius 2 is 1.84 bits per heavy atom. The molecule has 0 heterocycles. The van der Waals surface area contributed by atoms with Crippen molar-refractivity contribution < 1.29 is 34.8 Å². The van der Waals surface area contributed by atoms with E-state index in [2.05, 4.69) is 26.1 Å². The first-order chi connectivity index (χ1) is 17.1. The molecule has 0 spiro atoms. The summed E-state index contributed by atoms with van der Waals surface area (Å²) in [7, 11) is 3.20. The topological polar surface area (TPSA) is 173 Å². The minimum Gasteiger partial charge on any atom is -0.510 e. The number of aliphatic hydroxyl groups is 3. The molecule has 10 heteroatoms. The van der Waals surface area contributed by atoms with Gasteiger partial charge in [-0.2, -0.15) is 0 Å². The third kappa shape index (κ3) is 4.13. The van der Waals surface area contributed by atoms with Crippen LogP contribution in [-0.2, 0) is 22.6 Å². The molecule has 1 aromatic rings. The van der Waals surface area contributed by atoms with Gasteiger partial charge in [0.2, 0.25) is 5.78 Å². The molecule has 0 fully saturated rings. The number of aromatic hydroxyl groups is 1. The average molecular weight is 514 g/mol. The Kier molecular flexibility index (Phi) is 6.51. The van der Waals surface area contributed by atoms with Gasteiger partial charge in [0.25, 0.3) is 5.91 Å². The number of rotatable bonds is 5. The van der Waals surface area contributed by atoms with Crippen molar-refractivity contribution in [1.82, 2.24) is 10.2 Å². The lowest BCUT2D eigenvalue weighted by Crippen LogP contribution is -2.63. The number of hydrogen-bond donors (Lipinski definition) is 6. The molecule has 0 radical (unpaired) electrons. The number of benzene rings is 1. The molecule has 0 bridgehead atoms. The second kappa shape index (κ2) is 8.97. The molecule has 1 aromatic carbocycles. The number of nitrogens with one attached hydrogen (secondary N) is 1. The minimum absolute atomic E-state index is 0.0239. The highest BCUT2D eigenvalue weighted by molar-refractivity contribution is 6.24. The van der Waals surface area contributed by atoms with Crippen LogP contribution in [0.1, 0.15) is 48.7 Å².